The minimum atomic E-state index is -4.61. The number of hydrogen-bond donors (Lipinski definition) is 1. The lowest BCUT2D eigenvalue weighted by molar-refractivity contribution is -0.140. The van der Waals surface area contributed by atoms with Gasteiger partial charge in [0.2, 0.25) is 0 Å². The highest BCUT2D eigenvalue weighted by atomic mass is 19.4. The first-order valence-corrected chi connectivity index (χ1v) is 6.18. The van der Waals surface area contributed by atoms with Crippen LogP contribution in [0.3, 0.4) is 0 Å². The SMILES string of the molecule is Cc1ccc(-c2c(C(F)(F)F)nc(C(C)C)n2O)cc1. The van der Waals surface area contributed by atoms with E-state index < -0.39 is 11.9 Å². The molecule has 1 aromatic heterocycles. The highest BCUT2D eigenvalue weighted by molar-refractivity contribution is 5.64. The van der Waals surface area contributed by atoms with E-state index in [4.69, 9.17) is 0 Å². The third kappa shape index (κ3) is 2.50. The second-order valence-corrected chi connectivity index (χ2v) is 5.00. The van der Waals surface area contributed by atoms with Gasteiger partial charge in [0.05, 0.1) is 0 Å². The largest absolute Gasteiger partial charge is 0.435 e. The van der Waals surface area contributed by atoms with Gasteiger partial charge in [-0.1, -0.05) is 43.7 Å². The third-order valence-corrected chi connectivity index (χ3v) is 2.99. The molecule has 2 rings (SSSR count). The van der Waals surface area contributed by atoms with Gasteiger partial charge in [0.25, 0.3) is 0 Å². The van der Waals surface area contributed by atoms with Crippen LogP contribution < -0.4 is 0 Å². The molecule has 0 saturated heterocycles. The number of hydrogen-bond acceptors (Lipinski definition) is 2. The van der Waals surface area contributed by atoms with Crippen molar-refractivity contribution in [2.75, 3.05) is 0 Å². The van der Waals surface area contributed by atoms with E-state index in [2.05, 4.69) is 4.98 Å². The maximum atomic E-state index is 13.1. The Bertz CT molecular complexity index is 613. The van der Waals surface area contributed by atoms with Gasteiger partial charge in [-0.3, -0.25) is 0 Å². The summed E-state index contributed by atoms with van der Waals surface area (Å²) < 4.78 is 39.8. The fraction of sp³-hybridized carbons (Fsp3) is 0.357. The molecule has 0 aliphatic rings. The summed E-state index contributed by atoms with van der Waals surface area (Å²) in [4.78, 5) is 3.57. The maximum absolute atomic E-state index is 13.1. The summed E-state index contributed by atoms with van der Waals surface area (Å²) in [5, 5.41) is 10.0. The molecule has 6 heteroatoms. The van der Waals surface area contributed by atoms with E-state index in [1.165, 1.54) is 0 Å². The fourth-order valence-electron chi connectivity index (χ4n) is 1.97. The van der Waals surface area contributed by atoms with Crippen LogP contribution in [0.15, 0.2) is 24.3 Å². The van der Waals surface area contributed by atoms with E-state index in [-0.39, 0.29) is 23.0 Å². The zero-order valence-electron chi connectivity index (χ0n) is 11.4. The average Bonchev–Trinajstić information content (AvgIpc) is 2.68. The Morgan fingerprint density at radius 1 is 1.15 bits per heavy atom. The molecule has 0 spiro atoms. The smallest absolute Gasteiger partial charge is 0.427 e. The summed E-state index contributed by atoms with van der Waals surface area (Å²) in [6.07, 6.45) is -4.61. The van der Waals surface area contributed by atoms with E-state index in [0.29, 0.717) is 4.73 Å². The quantitative estimate of drug-likeness (QED) is 0.838. The van der Waals surface area contributed by atoms with Gasteiger partial charge in [0.1, 0.15) is 11.5 Å². The van der Waals surface area contributed by atoms with Crippen LogP contribution in [-0.4, -0.2) is 14.9 Å². The monoisotopic (exact) mass is 284 g/mol. The summed E-state index contributed by atoms with van der Waals surface area (Å²) in [7, 11) is 0. The molecule has 0 bridgehead atoms. The number of rotatable bonds is 2. The molecule has 0 fully saturated rings. The molecule has 0 radical (unpaired) electrons. The summed E-state index contributed by atoms with van der Waals surface area (Å²) >= 11 is 0. The van der Waals surface area contributed by atoms with Crippen LogP contribution in [0, 0.1) is 6.92 Å². The topological polar surface area (TPSA) is 38.0 Å². The number of alkyl halides is 3. The molecule has 1 N–H and O–H groups in total. The van der Waals surface area contributed by atoms with Crippen LogP contribution in [0.1, 0.15) is 36.8 Å². The summed E-state index contributed by atoms with van der Waals surface area (Å²) in [5.41, 5.74) is -0.172. The number of aryl methyl sites for hydroxylation is 1. The third-order valence-electron chi connectivity index (χ3n) is 2.99. The molecular weight excluding hydrogens is 269 g/mol. The molecule has 0 aliphatic carbocycles. The molecular formula is C14H15F3N2O. The first kappa shape index (κ1) is 14.4. The second kappa shape index (κ2) is 4.85. The van der Waals surface area contributed by atoms with Crippen molar-refractivity contribution in [1.29, 1.82) is 0 Å². The van der Waals surface area contributed by atoms with Gasteiger partial charge in [-0.25, -0.2) is 4.98 Å². The van der Waals surface area contributed by atoms with Gasteiger partial charge >= 0.3 is 6.18 Å². The number of imidazole rings is 1. The van der Waals surface area contributed by atoms with Crippen LogP contribution in [0.4, 0.5) is 13.2 Å². The minimum Gasteiger partial charge on any atom is -0.427 e. The molecule has 1 heterocycles. The number of halogens is 3. The zero-order chi connectivity index (χ0) is 15.1. The van der Waals surface area contributed by atoms with Crippen molar-refractivity contribution in [3.8, 4) is 11.3 Å². The molecule has 20 heavy (non-hydrogen) atoms. The molecule has 0 saturated carbocycles. The van der Waals surface area contributed by atoms with Gasteiger partial charge in [0, 0.05) is 11.5 Å². The zero-order valence-corrected chi connectivity index (χ0v) is 11.4. The van der Waals surface area contributed by atoms with Gasteiger partial charge < -0.3 is 5.21 Å². The van der Waals surface area contributed by atoms with Crippen LogP contribution in [0.25, 0.3) is 11.3 Å². The van der Waals surface area contributed by atoms with Crippen molar-refractivity contribution in [3.05, 3.63) is 41.3 Å². The lowest BCUT2D eigenvalue weighted by Crippen LogP contribution is -2.08. The van der Waals surface area contributed by atoms with Crippen LogP contribution in [0.2, 0.25) is 0 Å². The summed E-state index contributed by atoms with van der Waals surface area (Å²) in [6.45, 7) is 5.19. The summed E-state index contributed by atoms with van der Waals surface area (Å²) in [5.74, 6) is -0.326. The number of nitrogens with zero attached hydrogens (tertiary/aromatic N) is 2. The van der Waals surface area contributed by atoms with Crippen molar-refractivity contribution < 1.29 is 18.4 Å². The fourth-order valence-corrected chi connectivity index (χ4v) is 1.97. The number of aromatic nitrogens is 2. The van der Waals surface area contributed by atoms with Gasteiger partial charge in [-0.15, -0.1) is 0 Å². The van der Waals surface area contributed by atoms with Crippen molar-refractivity contribution >= 4 is 0 Å². The van der Waals surface area contributed by atoms with Crippen molar-refractivity contribution in [3.63, 3.8) is 0 Å². The Morgan fingerprint density at radius 3 is 2.15 bits per heavy atom. The normalized spacial score (nSPS) is 12.2. The lowest BCUT2D eigenvalue weighted by Gasteiger charge is -2.09. The molecule has 0 aliphatic heterocycles. The van der Waals surface area contributed by atoms with Crippen LogP contribution in [-0.2, 0) is 6.18 Å². The minimum absolute atomic E-state index is 0.00657. The Balaban J connectivity index is 2.69. The van der Waals surface area contributed by atoms with E-state index in [0.717, 1.165) is 5.56 Å². The first-order valence-electron chi connectivity index (χ1n) is 6.18. The highest BCUT2D eigenvalue weighted by Gasteiger charge is 2.40. The highest BCUT2D eigenvalue weighted by Crippen LogP contribution is 2.37. The standard InChI is InChI=1S/C14H15F3N2O/c1-8(2)13-18-12(14(15,16)17)11(19(13)20)10-6-4-9(3)5-7-10/h4-8,20H,1-3H3. The van der Waals surface area contributed by atoms with Crippen LogP contribution in [0.5, 0.6) is 0 Å². The van der Waals surface area contributed by atoms with Gasteiger partial charge in [0.15, 0.2) is 5.69 Å². The van der Waals surface area contributed by atoms with Crippen molar-refractivity contribution in [2.24, 2.45) is 0 Å². The average molecular weight is 284 g/mol. The second-order valence-electron chi connectivity index (χ2n) is 5.00. The Morgan fingerprint density at radius 2 is 1.70 bits per heavy atom. The molecule has 0 amide bonds. The molecule has 2 aromatic rings. The number of benzene rings is 1. The molecule has 0 unspecified atom stereocenters. The van der Waals surface area contributed by atoms with Crippen molar-refractivity contribution in [2.45, 2.75) is 32.9 Å². The Kier molecular flexibility index (Phi) is 3.50. The summed E-state index contributed by atoms with van der Waals surface area (Å²) in [6, 6.07) is 6.46. The molecule has 1 aromatic carbocycles. The predicted molar refractivity (Wildman–Crippen MR) is 68.7 cm³/mol. The Labute approximate surface area is 114 Å². The van der Waals surface area contributed by atoms with Gasteiger partial charge in [-0.05, 0) is 6.92 Å². The maximum Gasteiger partial charge on any atom is 0.435 e. The molecule has 0 atom stereocenters. The van der Waals surface area contributed by atoms with E-state index in [1.807, 2.05) is 6.92 Å². The predicted octanol–water partition coefficient (Wildman–Crippen LogP) is 4.24. The molecule has 3 nitrogen and oxygen atoms in total. The Hall–Kier alpha value is -1.98. The first-order chi connectivity index (χ1) is 9.21. The molecule has 108 valence electrons. The van der Waals surface area contributed by atoms with E-state index in [1.54, 1.807) is 38.1 Å². The van der Waals surface area contributed by atoms with E-state index in [9.17, 15) is 18.4 Å². The lowest BCUT2D eigenvalue weighted by atomic mass is 10.1. The van der Waals surface area contributed by atoms with Gasteiger partial charge in [-0.2, -0.15) is 17.9 Å². The van der Waals surface area contributed by atoms with E-state index >= 15 is 0 Å². The van der Waals surface area contributed by atoms with Crippen molar-refractivity contribution in [1.82, 2.24) is 9.71 Å². The van der Waals surface area contributed by atoms with Crippen LogP contribution >= 0.6 is 0 Å².